The van der Waals surface area contributed by atoms with Gasteiger partial charge in [0.2, 0.25) is 5.91 Å². The van der Waals surface area contributed by atoms with Gasteiger partial charge < -0.3 is 10.0 Å². The second-order valence-electron chi connectivity index (χ2n) is 5.23. The van der Waals surface area contributed by atoms with Crippen LogP contribution in [0.3, 0.4) is 0 Å². The summed E-state index contributed by atoms with van der Waals surface area (Å²) in [6.45, 7) is 4.67. The molecule has 5 nitrogen and oxygen atoms in total. The third-order valence-corrected chi connectivity index (χ3v) is 3.33. The molecule has 0 saturated carbocycles. The number of nitrogens with one attached hydrogen (secondary N) is 1. The number of piperidine rings is 1. The first-order valence-electron chi connectivity index (χ1n) is 6.06. The van der Waals surface area contributed by atoms with Gasteiger partial charge in [-0.15, -0.1) is 6.42 Å². The molecular formula is C13H20N2O3. The molecule has 1 aliphatic rings. The Morgan fingerprint density at radius 3 is 2.78 bits per heavy atom. The van der Waals surface area contributed by atoms with Gasteiger partial charge in [0.15, 0.2) is 0 Å². The Bertz CT molecular complexity index is 371. The van der Waals surface area contributed by atoms with Gasteiger partial charge in [-0.25, -0.2) is 4.79 Å². The first-order valence-corrected chi connectivity index (χ1v) is 6.06. The number of carboxylic acid groups (broad SMARTS) is 1. The normalized spacial score (nSPS) is 22.3. The Balaban J connectivity index is 2.75. The zero-order valence-electron chi connectivity index (χ0n) is 10.9. The van der Waals surface area contributed by atoms with Gasteiger partial charge in [0, 0.05) is 6.54 Å². The predicted octanol–water partition coefficient (Wildman–Crippen LogP) is 0.311. The van der Waals surface area contributed by atoms with Crippen LogP contribution in [-0.2, 0) is 9.59 Å². The number of carboxylic acids is 1. The number of hydrogen-bond acceptors (Lipinski definition) is 3. The molecule has 1 saturated heterocycles. The van der Waals surface area contributed by atoms with Crippen LogP contribution in [0.5, 0.6) is 0 Å². The van der Waals surface area contributed by atoms with Crippen molar-refractivity contribution in [3.05, 3.63) is 0 Å². The minimum atomic E-state index is -0.940. The zero-order chi connectivity index (χ0) is 13.8. The molecule has 1 aliphatic heterocycles. The molecule has 0 spiro atoms. The molecule has 5 heteroatoms. The van der Waals surface area contributed by atoms with Crippen molar-refractivity contribution >= 4 is 11.9 Å². The average molecular weight is 252 g/mol. The van der Waals surface area contributed by atoms with E-state index in [2.05, 4.69) is 11.2 Å². The van der Waals surface area contributed by atoms with Crippen LogP contribution in [0, 0.1) is 17.8 Å². The third kappa shape index (κ3) is 3.23. The third-order valence-electron chi connectivity index (χ3n) is 3.33. The second-order valence-corrected chi connectivity index (χ2v) is 5.23. The van der Waals surface area contributed by atoms with Crippen molar-refractivity contribution in [2.45, 2.75) is 32.7 Å². The van der Waals surface area contributed by atoms with Gasteiger partial charge in [0.25, 0.3) is 0 Å². The van der Waals surface area contributed by atoms with Crippen LogP contribution < -0.4 is 5.32 Å². The van der Waals surface area contributed by atoms with Gasteiger partial charge in [-0.05, 0) is 18.3 Å². The molecule has 0 aromatic heterocycles. The van der Waals surface area contributed by atoms with E-state index in [0.29, 0.717) is 13.1 Å². The Morgan fingerprint density at radius 2 is 2.22 bits per heavy atom. The minimum absolute atomic E-state index is 0.0874. The smallest absolute Gasteiger partial charge is 0.326 e. The number of carbonyl (C=O) groups excluding carboxylic acids is 1. The number of likely N-dealkylation sites (tertiary alicyclic amines) is 1. The summed E-state index contributed by atoms with van der Waals surface area (Å²) in [6.07, 6.45) is 6.72. The van der Waals surface area contributed by atoms with E-state index in [-0.39, 0.29) is 12.5 Å². The molecule has 0 radical (unpaired) electrons. The maximum atomic E-state index is 12.0. The van der Waals surface area contributed by atoms with Crippen molar-refractivity contribution in [2.75, 3.05) is 19.6 Å². The lowest BCUT2D eigenvalue weighted by atomic mass is 9.76. The van der Waals surface area contributed by atoms with Gasteiger partial charge in [-0.3, -0.25) is 10.1 Å². The number of aliphatic carboxylic acids is 1. The fraction of sp³-hybridized carbons (Fsp3) is 0.692. The van der Waals surface area contributed by atoms with Crippen molar-refractivity contribution in [3.8, 4) is 12.3 Å². The Morgan fingerprint density at radius 1 is 1.56 bits per heavy atom. The minimum Gasteiger partial charge on any atom is -0.480 e. The molecule has 1 unspecified atom stereocenters. The highest BCUT2D eigenvalue weighted by Crippen LogP contribution is 2.35. The maximum absolute atomic E-state index is 12.0. The lowest BCUT2D eigenvalue weighted by molar-refractivity contribution is -0.158. The highest BCUT2D eigenvalue weighted by Gasteiger charge is 2.44. The number of carbonyl (C=O) groups is 2. The highest BCUT2D eigenvalue weighted by molar-refractivity contribution is 5.85. The van der Waals surface area contributed by atoms with E-state index in [1.807, 2.05) is 13.8 Å². The van der Waals surface area contributed by atoms with Crippen LogP contribution in [0.2, 0.25) is 0 Å². The topological polar surface area (TPSA) is 69.6 Å². The largest absolute Gasteiger partial charge is 0.480 e. The summed E-state index contributed by atoms with van der Waals surface area (Å²) in [4.78, 5) is 24.8. The van der Waals surface area contributed by atoms with E-state index in [4.69, 9.17) is 6.42 Å². The zero-order valence-corrected chi connectivity index (χ0v) is 10.9. The summed E-state index contributed by atoms with van der Waals surface area (Å²) in [6, 6.07) is -0.758. The van der Waals surface area contributed by atoms with E-state index in [0.717, 1.165) is 12.8 Å². The van der Waals surface area contributed by atoms with Crippen molar-refractivity contribution < 1.29 is 14.7 Å². The van der Waals surface area contributed by atoms with E-state index >= 15 is 0 Å². The van der Waals surface area contributed by atoms with Crippen LogP contribution in [0.25, 0.3) is 0 Å². The van der Waals surface area contributed by atoms with Gasteiger partial charge in [0.1, 0.15) is 6.04 Å². The maximum Gasteiger partial charge on any atom is 0.326 e. The van der Waals surface area contributed by atoms with Crippen LogP contribution in [-0.4, -0.2) is 47.6 Å². The molecule has 18 heavy (non-hydrogen) atoms. The molecule has 1 rings (SSSR count). The Labute approximate surface area is 108 Å². The summed E-state index contributed by atoms with van der Waals surface area (Å²) in [5.74, 6) is 1.23. The predicted molar refractivity (Wildman–Crippen MR) is 67.9 cm³/mol. The van der Waals surface area contributed by atoms with Gasteiger partial charge in [-0.2, -0.15) is 0 Å². The van der Waals surface area contributed by atoms with E-state index < -0.39 is 17.4 Å². The monoisotopic (exact) mass is 252 g/mol. The quantitative estimate of drug-likeness (QED) is 0.558. The first kappa shape index (κ1) is 14.5. The molecule has 1 heterocycles. The number of nitrogens with zero attached hydrogens (tertiary/aromatic N) is 1. The molecule has 1 fully saturated rings. The van der Waals surface area contributed by atoms with Gasteiger partial charge in [0.05, 0.1) is 13.1 Å². The molecule has 1 amide bonds. The fourth-order valence-corrected chi connectivity index (χ4v) is 2.47. The van der Waals surface area contributed by atoms with Gasteiger partial charge in [-0.1, -0.05) is 19.8 Å². The van der Waals surface area contributed by atoms with Crippen LogP contribution >= 0.6 is 0 Å². The molecule has 0 bridgehead atoms. The summed E-state index contributed by atoms with van der Waals surface area (Å²) in [5.41, 5.74) is -0.397. The lowest BCUT2D eigenvalue weighted by Gasteiger charge is -2.44. The molecular weight excluding hydrogens is 232 g/mol. The molecule has 0 aromatic carbocycles. The van der Waals surface area contributed by atoms with E-state index in [1.54, 1.807) is 0 Å². The summed E-state index contributed by atoms with van der Waals surface area (Å²) >= 11 is 0. The average Bonchev–Trinajstić information content (AvgIpc) is 2.26. The van der Waals surface area contributed by atoms with E-state index in [1.165, 1.54) is 4.90 Å². The SMILES string of the molecule is C#CCNCC(=O)N1CCCC(C)(C)C1C(=O)O. The number of rotatable bonds is 4. The Kier molecular flexibility index (Phi) is 4.74. The number of hydrogen-bond donors (Lipinski definition) is 2. The summed E-state index contributed by atoms with van der Waals surface area (Å²) in [7, 11) is 0. The molecule has 0 aromatic rings. The van der Waals surface area contributed by atoms with Crippen molar-refractivity contribution in [3.63, 3.8) is 0 Å². The summed E-state index contributed by atoms with van der Waals surface area (Å²) < 4.78 is 0. The van der Waals surface area contributed by atoms with Crippen LogP contribution in [0.4, 0.5) is 0 Å². The van der Waals surface area contributed by atoms with Crippen molar-refractivity contribution in [2.24, 2.45) is 5.41 Å². The lowest BCUT2D eigenvalue weighted by Crippen LogP contribution is -2.57. The van der Waals surface area contributed by atoms with Gasteiger partial charge >= 0.3 is 5.97 Å². The number of amides is 1. The van der Waals surface area contributed by atoms with Crippen molar-refractivity contribution in [1.82, 2.24) is 10.2 Å². The Hall–Kier alpha value is -1.54. The van der Waals surface area contributed by atoms with Crippen LogP contribution in [0.1, 0.15) is 26.7 Å². The van der Waals surface area contributed by atoms with E-state index in [9.17, 15) is 14.7 Å². The molecule has 2 N–H and O–H groups in total. The standard InChI is InChI=1S/C13H20N2O3/c1-4-7-14-9-10(16)15-8-5-6-13(2,3)11(15)12(17)18/h1,11,14H,5-9H2,2-3H3,(H,17,18). The second kappa shape index (κ2) is 5.87. The molecule has 1 atom stereocenters. The van der Waals surface area contributed by atoms with Crippen LogP contribution in [0.15, 0.2) is 0 Å². The summed E-state index contributed by atoms with van der Waals surface area (Å²) in [5, 5.41) is 12.1. The molecule has 0 aliphatic carbocycles. The molecule has 100 valence electrons. The van der Waals surface area contributed by atoms with Crippen molar-refractivity contribution in [1.29, 1.82) is 0 Å². The number of terminal acetylenes is 1. The fourth-order valence-electron chi connectivity index (χ4n) is 2.47. The first-order chi connectivity index (χ1) is 8.40. The highest BCUT2D eigenvalue weighted by atomic mass is 16.4.